The molecule has 0 aliphatic heterocycles. The smallest absolute Gasteiger partial charge is 0.335 e. The van der Waals surface area contributed by atoms with Gasteiger partial charge in [-0.1, -0.05) is 38.1 Å². The van der Waals surface area contributed by atoms with Gasteiger partial charge in [-0.15, -0.1) is 0 Å². The fraction of sp³-hybridized carbons (Fsp3) is 0.316. The summed E-state index contributed by atoms with van der Waals surface area (Å²) in [4.78, 5) is 10.8. The predicted molar refractivity (Wildman–Crippen MR) is 91.1 cm³/mol. The summed E-state index contributed by atoms with van der Waals surface area (Å²) in [7, 11) is 1.67. The van der Waals surface area contributed by atoms with E-state index in [1.165, 1.54) is 5.56 Å². The number of aromatic carboxylic acids is 1. The van der Waals surface area contributed by atoms with Crippen LogP contribution in [0, 0.1) is 0 Å². The molecule has 0 aliphatic carbocycles. The highest BCUT2D eigenvalue weighted by Gasteiger charge is 2.20. The van der Waals surface area contributed by atoms with E-state index in [9.17, 15) is 4.79 Å². The summed E-state index contributed by atoms with van der Waals surface area (Å²) in [5.41, 5.74) is 2.56. The Morgan fingerprint density at radius 1 is 1.17 bits per heavy atom. The molecule has 4 heteroatoms. The zero-order valence-electron chi connectivity index (χ0n) is 13.8. The van der Waals surface area contributed by atoms with Crippen LogP contribution in [0.2, 0.25) is 0 Å². The number of carboxylic acid groups (broad SMARTS) is 1. The van der Waals surface area contributed by atoms with E-state index >= 15 is 0 Å². The maximum Gasteiger partial charge on any atom is 0.335 e. The van der Waals surface area contributed by atoms with E-state index in [2.05, 4.69) is 31.3 Å². The lowest BCUT2D eigenvalue weighted by molar-refractivity contribution is 0.0697. The summed E-state index contributed by atoms with van der Waals surface area (Å²) < 4.78 is 5.29. The number of rotatable bonds is 7. The number of ether oxygens (including phenoxy) is 1. The van der Waals surface area contributed by atoms with Gasteiger partial charge in [-0.3, -0.25) is 0 Å². The van der Waals surface area contributed by atoms with Crippen LogP contribution in [0.3, 0.4) is 0 Å². The normalized spacial score (nSPS) is 11.3. The van der Waals surface area contributed by atoms with Gasteiger partial charge in [-0.2, -0.15) is 0 Å². The van der Waals surface area contributed by atoms with Crippen molar-refractivity contribution in [3.8, 4) is 5.75 Å². The van der Waals surface area contributed by atoms with E-state index in [1.807, 2.05) is 24.3 Å². The lowest BCUT2D eigenvalue weighted by atomic mass is 9.84. The van der Waals surface area contributed by atoms with E-state index in [0.717, 1.165) is 17.9 Å². The van der Waals surface area contributed by atoms with Crippen LogP contribution in [0.4, 0.5) is 0 Å². The highest BCUT2D eigenvalue weighted by atomic mass is 16.5. The molecule has 0 aromatic heterocycles. The fourth-order valence-corrected chi connectivity index (χ4v) is 2.43. The molecule has 0 saturated carbocycles. The van der Waals surface area contributed by atoms with Crippen LogP contribution in [0.15, 0.2) is 48.5 Å². The van der Waals surface area contributed by atoms with E-state index < -0.39 is 5.97 Å². The zero-order valence-corrected chi connectivity index (χ0v) is 13.8. The van der Waals surface area contributed by atoms with E-state index in [4.69, 9.17) is 9.84 Å². The van der Waals surface area contributed by atoms with Crippen LogP contribution in [-0.2, 0) is 12.0 Å². The molecule has 23 heavy (non-hydrogen) atoms. The number of carboxylic acids is 1. The van der Waals surface area contributed by atoms with Gasteiger partial charge in [0.25, 0.3) is 0 Å². The standard InChI is InChI=1S/C19H23NO3/c1-19(2,16-5-4-6-17(11-16)23-3)13-20-12-14-7-9-15(10-8-14)18(21)22/h4-11,20H,12-13H2,1-3H3,(H,21,22). The first kappa shape index (κ1) is 17.0. The van der Waals surface area contributed by atoms with Gasteiger partial charge in [-0.25, -0.2) is 4.79 Å². The number of carbonyl (C=O) groups is 1. The molecule has 0 aliphatic rings. The van der Waals surface area contributed by atoms with E-state index in [0.29, 0.717) is 12.1 Å². The number of hydrogen-bond donors (Lipinski definition) is 2. The molecule has 0 spiro atoms. The second kappa shape index (κ2) is 7.29. The van der Waals surface area contributed by atoms with Crippen molar-refractivity contribution in [2.45, 2.75) is 25.8 Å². The fourth-order valence-electron chi connectivity index (χ4n) is 2.43. The maximum absolute atomic E-state index is 10.8. The topological polar surface area (TPSA) is 58.6 Å². The van der Waals surface area contributed by atoms with E-state index in [1.54, 1.807) is 19.2 Å². The molecule has 4 nitrogen and oxygen atoms in total. The van der Waals surface area contributed by atoms with Crippen LogP contribution >= 0.6 is 0 Å². The minimum Gasteiger partial charge on any atom is -0.497 e. The van der Waals surface area contributed by atoms with Gasteiger partial charge in [-0.05, 0) is 35.4 Å². The summed E-state index contributed by atoms with van der Waals surface area (Å²) in [5.74, 6) is -0.0384. The summed E-state index contributed by atoms with van der Waals surface area (Å²) in [5, 5.41) is 12.3. The summed E-state index contributed by atoms with van der Waals surface area (Å²) in [6.07, 6.45) is 0. The molecule has 2 aromatic rings. The Balaban J connectivity index is 1.94. The Morgan fingerprint density at radius 3 is 2.48 bits per heavy atom. The Bertz CT molecular complexity index is 663. The monoisotopic (exact) mass is 313 g/mol. The Hall–Kier alpha value is -2.33. The number of hydrogen-bond acceptors (Lipinski definition) is 3. The Kier molecular flexibility index (Phi) is 5.40. The molecule has 122 valence electrons. The van der Waals surface area contributed by atoms with Crippen molar-refractivity contribution in [1.29, 1.82) is 0 Å². The molecule has 0 radical (unpaired) electrons. The van der Waals surface area contributed by atoms with Crippen molar-refractivity contribution in [3.63, 3.8) is 0 Å². The highest BCUT2D eigenvalue weighted by Crippen LogP contribution is 2.25. The van der Waals surface area contributed by atoms with Crippen LogP contribution < -0.4 is 10.1 Å². The molecule has 0 fully saturated rings. The van der Waals surface area contributed by atoms with Crippen molar-refractivity contribution >= 4 is 5.97 Å². The first-order valence-corrected chi connectivity index (χ1v) is 7.60. The molecule has 0 atom stereocenters. The number of nitrogens with one attached hydrogen (secondary N) is 1. The predicted octanol–water partition coefficient (Wildman–Crippen LogP) is 3.46. The second-order valence-electron chi connectivity index (χ2n) is 6.22. The van der Waals surface area contributed by atoms with Crippen molar-refractivity contribution < 1.29 is 14.6 Å². The quantitative estimate of drug-likeness (QED) is 0.822. The Morgan fingerprint density at radius 2 is 1.87 bits per heavy atom. The first-order chi connectivity index (χ1) is 10.9. The molecule has 0 saturated heterocycles. The molecule has 0 amide bonds. The van der Waals surface area contributed by atoms with Crippen LogP contribution in [0.25, 0.3) is 0 Å². The molecule has 2 N–H and O–H groups in total. The van der Waals surface area contributed by atoms with Crippen molar-refractivity contribution in [2.75, 3.05) is 13.7 Å². The lowest BCUT2D eigenvalue weighted by Gasteiger charge is -2.26. The van der Waals surface area contributed by atoms with Crippen molar-refractivity contribution in [1.82, 2.24) is 5.32 Å². The summed E-state index contributed by atoms with van der Waals surface area (Å²) in [6.45, 7) is 5.87. The molecule has 0 heterocycles. The molecule has 0 bridgehead atoms. The molecule has 2 aromatic carbocycles. The SMILES string of the molecule is COc1cccc(C(C)(C)CNCc2ccc(C(=O)O)cc2)c1. The highest BCUT2D eigenvalue weighted by molar-refractivity contribution is 5.87. The van der Waals surface area contributed by atoms with Gasteiger partial charge in [0.05, 0.1) is 12.7 Å². The minimum atomic E-state index is -0.899. The minimum absolute atomic E-state index is 0.0322. The third-order valence-electron chi connectivity index (χ3n) is 3.95. The third-order valence-corrected chi connectivity index (χ3v) is 3.95. The van der Waals surface area contributed by atoms with Gasteiger partial charge in [0, 0.05) is 18.5 Å². The van der Waals surface area contributed by atoms with Crippen LogP contribution in [0.1, 0.15) is 35.3 Å². The molecular weight excluding hydrogens is 290 g/mol. The van der Waals surface area contributed by atoms with Crippen LogP contribution in [-0.4, -0.2) is 24.7 Å². The summed E-state index contributed by atoms with van der Waals surface area (Å²) in [6, 6.07) is 15.1. The lowest BCUT2D eigenvalue weighted by Crippen LogP contribution is -2.32. The van der Waals surface area contributed by atoms with Crippen molar-refractivity contribution in [2.24, 2.45) is 0 Å². The van der Waals surface area contributed by atoms with Gasteiger partial charge in [0.1, 0.15) is 5.75 Å². The zero-order chi connectivity index (χ0) is 16.9. The number of methoxy groups -OCH3 is 1. The largest absolute Gasteiger partial charge is 0.497 e. The van der Waals surface area contributed by atoms with E-state index in [-0.39, 0.29) is 5.41 Å². The molecular formula is C19H23NO3. The average Bonchev–Trinajstić information content (AvgIpc) is 2.55. The third kappa shape index (κ3) is 4.57. The van der Waals surface area contributed by atoms with Crippen LogP contribution in [0.5, 0.6) is 5.75 Å². The average molecular weight is 313 g/mol. The molecule has 2 rings (SSSR count). The van der Waals surface area contributed by atoms with Gasteiger partial charge >= 0.3 is 5.97 Å². The van der Waals surface area contributed by atoms with Crippen molar-refractivity contribution in [3.05, 3.63) is 65.2 Å². The first-order valence-electron chi connectivity index (χ1n) is 7.60. The van der Waals surface area contributed by atoms with Gasteiger partial charge in [0.2, 0.25) is 0 Å². The Labute approximate surface area is 137 Å². The second-order valence-corrected chi connectivity index (χ2v) is 6.22. The number of benzene rings is 2. The summed E-state index contributed by atoms with van der Waals surface area (Å²) >= 11 is 0. The molecule has 0 unspecified atom stereocenters. The maximum atomic E-state index is 10.8. The van der Waals surface area contributed by atoms with Gasteiger partial charge < -0.3 is 15.2 Å². The van der Waals surface area contributed by atoms with Gasteiger partial charge in [0.15, 0.2) is 0 Å².